The van der Waals surface area contributed by atoms with Crippen molar-refractivity contribution in [1.29, 1.82) is 0 Å². The number of carbonyl (C=O) groups is 2. The Morgan fingerprint density at radius 3 is 2.55 bits per heavy atom. The van der Waals surface area contributed by atoms with Gasteiger partial charge in [-0.2, -0.15) is 0 Å². The summed E-state index contributed by atoms with van der Waals surface area (Å²) in [5.74, 6) is 0.00490. The lowest BCUT2D eigenvalue weighted by molar-refractivity contribution is -0.134. The predicted octanol–water partition coefficient (Wildman–Crippen LogP) is 2.62. The first kappa shape index (κ1) is 19.6. The number of hydrogen-bond acceptors (Lipinski definition) is 5. The topological polar surface area (TPSA) is 67.9 Å². The van der Waals surface area contributed by atoms with Crippen molar-refractivity contribution in [2.45, 2.75) is 31.9 Å². The van der Waals surface area contributed by atoms with Crippen LogP contribution >= 0.6 is 0 Å². The van der Waals surface area contributed by atoms with Crippen LogP contribution in [-0.2, 0) is 27.5 Å². The second-order valence-electron chi connectivity index (χ2n) is 7.57. The lowest BCUT2D eigenvalue weighted by Crippen LogP contribution is -2.39. The molecule has 0 bridgehead atoms. The third kappa shape index (κ3) is 5.22. The standard InChI is InChI=1S/C23H26N2O4/c26-22-9-8-21(23(27)24-22)19-2-1-3-20(14-19)29-16-18-6-4-17(5-7-18)15-25-10-12-28-13-11-25/h1-7,14,21H,8-13,15-16H2,(H,24,26,27). The Bertz CT molecular complexity index is 859. The maximum absolute atomic E-state index is 12.1. The van der Waals surface area contributed by atoms with E-state index in [9.17, 15) is 9.59 Å². The number of morpholine rings is 1. The fraction of sp³-hybridized carbons (Fsp3) is 0.391. The fourth-order valence-electron chi connectivity index (χ4n) is 3.76. The number of imide groups is 1. The average molecular weight is 394 g/mol. The van der Waals surface area contributed by atoms with E-state index in [0.29, 0.717) is 19.4 Å². The van der Waals surface area contributed by atoms with Crippen molar-refractivity contribution < 1.29 is 19.1 Å². The van der Waals surface area contributed by atoms with Gasteiger partial charge in [-0.25, -0.2) is 0 Å². The van der Waals surface area contributed by atoms with E-state index in [1.165, 1.54) is 5.56 Å². The summed E-state index contributed by atoms with van der Waals surface area (Å²) >= 11 is 0. The van der Waals surface area contributed by atoms with E-state index in [1.54, 1.807) is 0 Å². The Morgan fingerprint density at radius 1 is 1.03 bits per heavy atom. The highest BCUT2D eigenvalue weighted by atomic mass is 16.5. The minimum Gasteiger partial charge on any atom is -0.489 e. The second kappa shape index (κ2) is 9.20. The van der Waals surface area contributed by atoms with Crippen LogP contribution in [0.25, 0.3) is 0 Å². The predicted molar refractivity (Wildman–Crippen MR) is 108 cm³/mol. The van der Waals surface area contributed by atoms with Crippen LogP contribution in [0.4, 0.5) is 0 Å². The zero-order chi connectivity index (χ0) is 20.1. The number of nitrogens with zero attached hydrogens (tertiary/aromatic N) is 1. The highest BCUT2D eigenvalue weighted by Gasteiger charge is 2.28. The Kier molecular flexibility index (Phi) is 6.22. The van der Waals surface area contributed by atoms with Crippen LogP contribution in [-0.4, -0.2) is 43.0 Å². The van der Waals surface area contributed by atoms with Gasteiger partial charge in [-0.15, -0.1) is 0 Å². The molecule has 2 aliphatic heterocycles. The molecule has 2 aromatic rings. The zero-order valence-corrected chi connectivity index (χ0v) is 16.4. The molecule has 6 heteroatoms. The molecule has 152 valence electrons. The van der Waals surface area contributed by atoms with Crippen molar-refractivity contribution in [3.8, 4) is 5.75 Å². The molecule has 0 radical (unpaired) electrons. The minimum absolute atomic E-state index is 0.198. The summed E-state index contributed by atoms with van der Waals surface area (Å²) in [6, 6.07) is 16.1. The molecule has 0 aromatic heterocycles. The Balaban J connectivity index is 1.33. The Labute approximate surface area is 170 Å². The molecule has 0 saturated carbocycles. The second-order valence-corrected chi connectivity index (χ2v) is 7.57. The monoisotopic (exact) mass is 394 g/mol. The summed E-state index contributed by atoms with van der Waals surface area (Å²) in [7, 11) is 0. The number of piperidine rings is 1. The van der Waals surface area contributed by atoms with Gasteiger partial charge in [0.15, 0.2) is 0 Å². The van der Waals surface area contributed by atoms with Crippen molar-refractivity contribution in [1.82, 2.24) is 10.2 Å². The van der Waals surface area contributed by atoms with Crippen LogP contribution in [0.3, 0.4) is 0 Å². The molecule has 2 heterocycles. The highest BCUT2D eigenvalue weighted by molar-refractivity contribution is 6.00. The molecule has 1 atom stereocenters. The average Bonchev–Trinajstić information content (AvgIpc) is 2.74. The highest BCUT2D eigenvalue weighted by Crippen LogP contribution is 2.27. The molecule has 2 amide bonds. The van der Waals surface area contributed by atoms with Gasteiger partial charge in [-0.3, -0.25) is 19.8 Å². The third-order valence-electron chi connectivity index (χ3n) is 5.44. The van der Waals surface area contributed by atoms with E-state index < -0.39 is 0 Å². The van der Waals surface area contributed by atoms with Gasteiger partial charge in [0, 0.05) is 26.1 Å². The van der Waals surface area contributed by atoms with Crippen LogP contribution in [0.15, 0.2) is 48.5 Å². The molecule has 1 N–H and O–H groups in total. The number of amides is 2. The molecule has 2 aliphatic rings. The van der Waals surface area contributed by atoms with Gasteiger partial charge >= 0.3 is 0 Å². The van der Waals surface area contributed by atoms with Crippen molar-refractivity contribution in [2.24, 2.45) is 0 Å². The third-order valence-corrected chi connectivity index (χ3v) is 5.44. The van der Waals surface area contributed by atoms with Gasteiger partial charge in [0.2, 0.25) is 11.8 Å². The van der Waals surface area contributed by atoms with Crippen LogP contribution in [0.1, 0.15) is 35.4 Å². The van der Waals surface area contributed by atoms with Crippen LogP contribution < -0.4 is 10.1 Å². The van der Waals surface area contributed by atoms with Gasteiger partial charge in [0.1, 0.15) is 12.4 Å². The molecule has 2 fully saturated rings. The minimum atomic E-state index is -0.296. The SMILES string of the molecule is O=C1CCC(c2cccc(OCc3ccc(CN4CCOCC4)cc3)c2)C(=O)N1. The van der Waals surface area contributed by atoms with Gasteiger partial charge in [0.05, 0.1) is 19.1 Å². The first-order valence-electron chi connectivity index (χ1n) is 10.1. The molecule has 1 unspecified atom stereocenters. The molecule has 4 rings (SSSR count). The van der Waals surface area contributed by atoms with Gasteiger partial charge in [-0.1, -0.05) is 36.4 Å². The normalized spacial score (nSPS) is 20.3. The first-order valence-corrected chi connectivity index (χ1v) is 10.1. The quantitative estimate of drug-likeness (QED) is 0.763. The number of carbonyl (C=O) groups excluding carboxylic acids is 2. The first-order chi connectivity index (χ1) is 14.2. The summed E-state index contributed by atoms with van der Waals surface area (Å²) < 4.78 is 11.3. The zero-order valence-electron chi connectivity index (χ0n) is 16.4. The molecule has 29 heavy (non-hydrogen) atoms. The number of ether oxygens (including phenoxy) is 2. The summed E-state index contributed by atoms with van der Waals surface area (Å²) in [5.41, 5.74) is 3.27. The fourth-order valence-corrected chi connectivity index (χ4v) is 3.76. The maximum atomic E-state index is 12.1. The number of rotatable bonds is 6. The lowest BCUT2D eigenvalue weighted by Gasteiger charge is -2.26. The smallest absolute Gasteiger partial charge is 0.234 e. The van der Waals surface area contributed by atoms with Crippen molar-refractivity contribution >= 4 is 11.8 Å². The van der Waals surface area contributed by atoms with E-state index >= 15 is 0 Å². The molecule has 0 aliphatic carbocycles. The van der Waals surface area contributed by atoms with Gasteiger partial charge in [0.25, 0.3) is 0 Å². The largest absolute Gasteiger partial charge is 0.489 e. The number of nitrogens with one attached hydrogen (secondary N) is 1. The van der Waals surface area contributed by atoms with Crippen LogP contribution in [0.2, 0.25) is 0 Å². The van der Waals surface area contributed by atoms with E-state index in [4.69, 9.17) is 9.47 Å². The van der Waals surface area contributed by atoms with Crippen molar-refractivity contribution in [2.75, 3.05) is 26.3 Å². The van der Waals surface area contributed by atoms with Gasteiger partial charge in [-0.05, 0) is 35.2 Å². The lowest BCUT2D eigenvalue weighted by atomic mass is 9.90. The van der Waals surface area contributed by atoms with E-state index in [-0.39, 0.29) is 17.7 Å². The Morgan fingerprint density at radius 2 is 1.79 bits per heavy atom. The molecule has 2 aromatic carbocycles. The van der Waals surface area contributed by atoms with Crippen molar-refractivity contribution in [3.05, 3.63) is 65.2 Å². The number of hydrogen-bond donors (Lipinski definition) is 1. The molecule has 0 spiro atoms. The summed E-state index contributed by atoms with van der Waals surface area (Å²) in [5, 5.41) is 2.41. The molecular formula is C23H26N2O4. The number of benzene rings is 2. The maximum Gasteiger partial charge on any atom is 0.234 e. The summed E-state index contributed by atoms with van der Waals surface area (Å²) in [6.45, 7) is 4.99. The van der Waals surface area contributed by atoms with E-state index in [2.05, 4.69) is 34.5 Å². The van der Waals surface area contributed by atoms with Gasteiger partial charge < -0.3 is 9.47 Å². The van der Waals surface area contributed by atoms with Crippen LogP contribution in [0, 0.1) is 0 Å². The van der Waals surface area contributed by atoms with Crippen LogP contribution in [0.5, 0.6) is 5.75 Å². The van der Waals surface area contributed by atoms with E-state index in [1.807, 2.05) is 24.3 Å². The molecule has 6 nitrogen and oxygen atoms in total. The summed E-state index contributed by atoms with van der Waals surface area (Å²) in [4.78, 5) is 25.8. The molecule has 2 saturated heterocycles. The van der Waals surface area contributed by atoms with E-state index in [0.717, 1.165) is 49.7 Å². The van der Waals surface area contributed by atoms with Crippen molar-refractivity contribution in [3.63, 3.8) is 0 Å². The summed E-state index contributed by atoms with van der Waals surface area (Å²) in [6.07, 6.45) is 0.914. The Hall–Kier alpha value is -2.70. The molecular weight excluding hydrogens is 368 g/mol.